The molecule has 0 aromatic heterocycles. The summed E-state index contributed by atoms with van der Waals surface area (Å²) in [6.45, 7) is 3.89. The number of aliphatic hydroxyl groups excluding tert-OH is 1. The molecular weight excluding hydrogens is 400 g/mol. The average Bonchev–Trinajstić information content (AvgIpc) is 2.99. The number of rotatable bonds is 6. The van der Waals surface area contributed by atoms with Gasteiger partial charge in [-0.05, 0) is 55.2 Å². The minimum atomic E-state index is -1.92. The molecule has 0 saturated carbocycles. The number of esters is 2. The number of phenols is 2. The van der Waals surface area contributed by atoms with Crippen molar-refractivity contribution < 1.29 is 34.4 Å². The lowest BCUT2D eigenvalue weighted by atomic mass is 9.83. The van der Waals surface area contributed by atoms with Crippen molar-refractivity contribution in [3.8, 4) is 11.5 Å². The maximum atomic E-state index is 12.9. The van der Waals surface area contributed by atoms with Crippen LogP contribution in [-0.2, 0) is 31.9 Å². The number of allylic oxidation sites excluding steroid dienone is 2. The highest BCUT2D eigenvalue weighted by molar-refractivity contribution is 6.11. The first-order chi connectivity index (χ1) is 14.7. The second kappa shape index (κ2) is 8.55. The lowest BCUT2D eigenvalue weighted by Gasteiger charge is -2.28. The second-order valence-corrected chi connectivity index (χ2v) is 7.60. The van der Waals surface area contributed by atoms with Crippen LogP contribution in [0.5, 0.6) is 11.5 Å². The summed E-state index contributed by atoms with van der Waals surface area (Å²) in [6.07, 6.45) is 2.32. The zero-order valence-electron chi connectivity index (χ0n) is 17.5. The van der Waals surface area contributed by atoms with Crippen LogP contribution in [0.25, 0.3) is 5.57 Å². The van der Waals surface area contributed by atoms with Gasteiger partial charge in [0, 0.05) is 6.42 Å². The molecule has 2 aromatic rings. The van der Waals surface area contributed by atoms with E-state index in [9.17, 15) is 24.9 Å². The molecule has 0 unspecified atom stereocenters. The van der Waals surface area contributed by atoms with Gasteiger partial charge in [0.25, 0.3) is 0 Å². The molecule has 1 aliphatic heterocycles. The topological polar surface area (TPSA) is 113 Å². The van der Waals surface area contributed by atoms with Crippen molar-refractivity contribution in [2.75, 3.05) is 7.11 Å². The Labute approximate surface area is 179 Å². The van der Waals surface area contributed by atoms with Gasteiger partial charge < -0.3 is 24.8 Å². The molecule has 0 radical (unpaired) electrons. The van der Waals surface area contributed by atoms with Gasteiger partial charge in [-0.3, -0.25) is 0 Å². The number of hydrogen-bond donors (Lipinski definition) is 3. The van der Waals surface area contributed by atoms with Crippen molar-refractivity contribution in [3.63, 3.8) is 0 Å². The summed E-state index contributed by atoms with van der Waals surface area (Å²) >= 11 is 0. The number of methoxy groups -OCH3 is 1. The van der Waals surface area contributed by atoms with Crippen molar-refractivity contribution in [2.45, 2.75) is 32.3 Å². The van der Waals surface area contributed by atoms with E-state index in [0.29, 0.717) is 23.1 Å². The molecule has 0 bridgehead atoms. The Kier molecular flexibility index (Phi) is 6.06. The Morgan fingerprint density at radius 3 is 2.39 bits per heavy atom. The predicted molar refractivity (Wildman–Crippen MR) is 113 cm³/mol. The van der Waals surface area contributed by atoms with Crippen molar-refractivity contribution in [1.29, 1.82) is 0 Å². The van der Waals surface area contributed by atoms with Crippen LogP contribution in [0.1, 0.15) is 30.5 Å². The summed E-state index contributed by atoms with van der Waals surface area (Å²) in [6, 6.07) is 10.5. The van der Waals surface area contributed by atoms with Gasteiger partial charge >= 0.3 is 11.9 Å². The third-order valence-electron chi connectivity index (χ3n) is 5.10. The van der Waals surface area contributed by atoms with E-state index in [1.807, 2.05) is 19.9 Å². The first-order valence-corrected chi connectivity index (χ1v) is 9.67. The molecule has 0 saturated heterocycles. The molecule has 2 aromatic carbocycles. The van der Waals surface area contributed by atoms with Gasteiger partial charge in [0.2, 0.25) is 11.4 Å². The summed E-state index contributed by atoms with van der Waals surface area (Å²) in [7, 11) is 1.17. The quantitative estimate of drug-likeness (QED) is 0.480. The number of carbonyl (C=O) groups is 2. The highest BCUT2D eigenvalue weighted by Gasteiger charge is 2.55. The van der Waals surface area contributed by atoms with Crippen LogP contribution < -0.4 is 0 Å². The Morgan fingerprint density at radius 1 is 1.10 bits per heavy atom. The number of carbonyl (C=O) groups excluding carboxylic acids is 2. The lowest BCUT2D eigenvalue weighted by Crippen LogP contribution is -2.44. The number of hydrogen-bond acceptors (Lipinski definition) is 7. The molecule has 1 heterocycles. The maximum Gasteiger partial charge on any atom is 0.375 e. The third kappa shape index (κ3) is 4.26. The Hall–Kier alpha value is -3.74. The van der Waals surface area contributed by atoms with E-state index in [1.54, 1.807) is 12.1 Å². The smallest absolute Gasteiger partial charge is 0.375 e. The van der Waals surface area contributed by atoms with Gasteiger partial charge in [-0.25, -0.2) is 9.59 Å². The van der Waals surface area contributed by atoms with E-state index < -0.39 is 23.3 Å². The van der Waals surface area contributed by atoms with Gasteiger partial charge in [0.05, 0.1) is 12.7 Å². The molecule has 162 valence electrons. The number of aromatic hydroxyl groups is 2. The molecule has 0 aliphatic carbocycles. The third-order valence-corrected chi connectivity index (χ3v) is 5.10. The number of phenolic OH excluding ortho intramolecular Hbond substituents is 2. The van der Waals surface area contributed by atoms with Crippen LogP contribution in [0.2, 0.25) is 0 Å². The van der Waals surface area contributed by atoms with Crippen LogP contribution in [-0.4, -0.2) is 40.0 Å². The molecular formula is C24H24O7. The van der Waals surface area contributed by atoms with E-state index in [1.165, 1.54) is 37.4 Å². The highest BCUT2D eigenvalue weighted by Crippen LogP contribution is 2.43. The van der Waals surface area contributed by atoms with Crippen LogP contribution in [0, 0.1) is 0 Å². The van der Waals surface area contributed by atoms with E-state index in [0.717, 1.165) is 5.57 Å². The second-order valence-electron chi connectivity index (χ2n) is 7.60. The van der Waals surface area contributed by atoms with E-state index in [2.05, 4.69) is 0 Å². The largest absolute Gasteiger partial charge is 0.508 e. The van der Waals surface area contributed by atoms with Gasteiger partial charge in [0.1, 0.15) is 11.5 Å². The minimum absolute atomic E-state index is 0.0137. The molecule has 7 heteroatoms. The number of aliphatic hydroxyl groups is 1. The summed E-state index contributed by atoms with van der Waals surface area (Å²) in [5, 5.41) is 30.2. The Morgan fingerprint density at radius 2 is 1.77 bits per heavy atom. The molecule has 3 rings (SSSR count). The summed E-state index contributed by atoms with van der Waals surface area (Å²) in [5.41, 5.74) is 0.695. The Bertz CT molecular complexity index is 1080. The molecule has 31 heavy (non-hydrogen) atoms. The van der Waals surface area contributed by atoms with Crippen molar-refractivity contribution in [3.05, 3.63) is 76.6 Å². The molecule has 0 spiro atoms. The first-order valence-electron chi connectivity index (χ1n) is 9.67. The van der Waals surface area contributed by atoms with E-state index in [-0.39, 0.29) is 23.5 Å². The van der Waals surface area contributed by atoms with Crippen molar-refractivity contribution >= 4 is 17.5 Å². The number of benzene rings is 2. The fraction of sp³-hybridized carbons (Fsp3) is 0.250. The molecule has 3 N–H and O–H groups in total. The fourth-order valence-corrected chi connectivity index (χ4v) is 3.57. The van der Waals surface area contributed by atoms with Crippen LogP contribution >= 0.6 is 0 Å². The monoisotopic (exact) mass is 424 g/mol. The molecule has 0 amide bonds. The molecule has 7 nitrogen and oxygen atoms in total. The van der Waals surface area contributed by atoms with Gasteiger partial charge in [-0.2, -0.15) is 0 Å². The van der Waals surface area contributed by atoms with Gasteiger partial charge in [-0.1, -0.05) is 35.9 Å². The van der Waals surface area contributed by atoms with Gasteiger partial charge in [-0.15, -0.1) is 0 Å². The fourth-order valence-electron chi connectivity index (χ4n) is 3.57. The molecule has 0 fully saturated rings. The maximum absolute atomic E-state index is 12.9. The van der Waals surface area contributed by atoms with Crippen LogP contribution in [0.15, 0.2) is 59.9 Å². The Balaban J connectivity index is 2.11. The number of ether oxygens (including phenoxy) is 2. The van der Waals surface area contributed by atoms with E-state index in [4.69, 9.17) is 9.47 Å². The normalized spacial score (nSPS) is 18.0. The summed E-state index contributed by atoms with van der Waals surface area (Å²) in [4.78, 5) is 25.2. The minimum Gasteiger partial charge on any atom is -0.508 e. The summed E-state index contributed by atoms with van der Waals surface area (Å²) < 4.78 is 10.4. The van der Waals surface area contributed by atoms with Crippen LogP contribution in [0.3, 0.4) is 0 Å². The first kappa shape index (κ1) is 22.0. The van der Waals surface area contributed by atoms with Crippen LogP contribution in [0.4, 0.5) is 0 Å². The predicted octanol–water partition coefficient (Wildman–Crippen LogP) is 3.59. The van der Waals surface area contributed by atoms with Crippen molar-refractivity contribution in [1.82, 2.24) is 0 Å². The number of cyclic esters (lactones) is 1. The average molecular weight is 424 g/mol. The van der Waals surface area contributed by atoms with Crippen molar-refractivity contribution in [2.24, 2.45) is 0 Å². The molecule has 1 atom stereocenters. The SMILES string of the molecule is COC(=O)[C@@]1(Cc2ccc(O)c(CC=C(C)C)c2)OC(=O)C(O)=C1c1ccc(O)cc1. The standard InChI is InChI=1S/C24H24O7/c1-14(2)4-6-17-12-15(5-11-19(17)26)13-24(23(29)30-3)20(21(27)22(28)31-24)16-7-9-18(25)10-8-16/h4-5,7-12,25-27H,6,13H2,1-3H3/t24-/m0/s1. The zero-order chi connectivity index (χ0) is 22.8. The molecule has 1 aliphatic rings. The van der Waals surface area contributed by atoms with Gasteiger partial charge in [0.15, 0.2) is 0 Å². The highest BCUT2D eigenvalue weighted by atomic mass is 16.6. The lowest BCUT2D eigenvalue weighted by molar-refractivity contribution is -0.169. The summed E-state index contributed by atoms with van der Waals surface area (Å²) in [5.74, 6) is -2.50. The van der Waals surface area contributed by atoms with E-state index >= 15 is 0 Å². The zero-order valence-corrected chi connectivity index (χ0v) is 17.5.